The Labute approximate surface area is 194 Å². The first-order valence-electron chi connectivity index (χ1n) is 11.6. The van der Waals surface area contributed by atoms with Crippen molar-refractivity contribution in [1.82, 2.24) is 14.8 Å². The fourth-order valence-corrected chi connectivity index (χ4v) is 4.12. The Hall–Kier alpha value is -3.48. The van der Waals surface area contributed by atoms with Gasteiger partial charge in [0.1, 0.15) is 6.54 Å². The molecule has 0 fully saturated rings. The lowest BCUT2D eigenvalue weighted by atomic mass is 10.1. The van der Waals surface area contributed by atoms with Crippen molar-refractivity contribution in [1.29, 1.82) is 0 Å². The standard InChI is InChI=1S/C26H31N3O4/c1-2-32-23-12-8-10-21-17-29(18-24(30)27-14-6-3-7-16-33-26(21)23)25(31)19-28-15-13-20-9-4-5-11-22(20)28/h4-5,8-13,15H,2-3,6-7,14,16-19H2,1H3,(H,27,30). The van der Waals surface area contributed by atoms with Gasteiger partial charge in [-0.25, -0.2) is 0 Å². The molecule has 7 nitrogen and oxygen atoms in total. The maximum absolute atomic E-state index is 13.4. The first kappa shape index (κ1) is 22.7. The average Bonchev–Trinajstić information content (AvgIpc) is 3.22. The molecule has 7 heteroatoms. The number of aromatic nitrogens is 1. The highest BCUT2D eigenvalue weighted by atomic mass is 16.5. The number of rotatable bonds is 4. The molecule has 0 aliphatic carbocycles. The lowest BCUT2D eigenvalue weighted by Gasteiger charge is -2.24. The maximum Gasteiger partial charge on any atom is 0.243 e. The van der Waals surface area contributed by atoms with Gasteiger partial charge < -0.3 is 24.3 Å². The van der Waals surface area contributed by atoms with Crippen molar-refractivity contribution in [3.63, 3.8) is 0 Å². The molecule has 1 aliphatic heterocycles. The number of amides is 2. The quantitative estimate of drug-likeness (QED) is 0.659. The second kappa shape index (κ2) is 10.9. The van der Waals surface area contributed by atoms with E-state index in [1.54, 1.807) is 4.90 Å². The van der Waals surface area contributed by atoms with Gasteiger partial charge in [-0.15, -0.1) is 0 Å². The third kappa shape index (κ3) is 5.66. The predicted octanol–water partition coefficient (Wildman–Crippen LogP) is 3.75. The molecule has 3 aromatic rings. The van der Waals surface area contributed by atoms with Gasteiger partial charge in [0.15, 0.2) is 11.5 Å². The van der Waals surface area contributed by atoms with Gasteiger partial charge >= 0.3 is 0 Å². The molecule has 0 saturated carbocycles. The SMILES string of the molecule is CCOc1cccc2c1OCCCCCNC(=O)CN(C(=O)Cn1ccc3ccccc31)C2. The number of hydrogen-bond acceptors (Lipinski definition) is 4. The molecule has 0 atom stereocenters. The topological polar surface area (TPSA) is 72.8 Å². The van der Waals surface area contributed by atoms with Gasteiger partial charge in [0.25, 0.3) is 0 Å². The van der Waals surface area contributed by atoms with E-state index >= 15 is 0 Å². The Balaban J connectivity index is 1.62. The fourth-order valence-electron chi connectivity index (χ4n) is 4.12. The van der Waals surface area contributed by atoms with Crippen LogP contribution in [0.2, 0.25) is 0 Å². The Morgan fingerprint density at radius 3 is 2.82 bits per heavy atom. The number of benzene rings is 2. The van der Waals surface area contributed by atoms with Gasteiger partial charge in [0.05, 0.1) is 26.3 Å². The van der Waals surface area contributed by atoms with Crippen LogP contribution in [-0.2, 0) is 22.7 Å². The summed E-state index contributed by atoms with van der Waals surface area (Å²) < 4.78 is 13.8. The molecule has 0 saturated heterocycles. The zero-order chi connectivity index (χ0) is 23.0. The van der Waals surface area contributed by atoms with Crippen LogP contribution < -0.4 is 14.8 Å². The molecule has 0 unspecified atom stereocenters. The molecule has 4 rings (SSSR count). The highest BCUT2D eigenvalue weighted by Gasteiger charge is 2.22. The summed E-state index contributed by atoms with van der Waals surface area (Å²) in [5.74, 6) is 1.04. The van der Waals surface area contributed by atoms with Crippen LogP contribution in [0.15, 0.2) is 54.7 Å². The van der Waals surface area contributed by atoms with Crippen LogP contribution in [0.4, 0.5) is 0 Å². The number of ether oxygens (including phenoxy) is 2. The molecule has 1 aliphatic rings. The Bertz CT molecular complexity index is 1110. The monoisotopic (exact) mass is 449 g/mol. The molecule has 0 spiro atoms. The number of carbonyl (C=O) groups is 2. The van der Waals surface area contributed by atoms with E-state index in [4.69, 9.17) is 9.47 Å². The van der Waals surface area contributed by atoms with E-state index in [2.05, 4.69) is 5.32 Å². The second-order valence-corrected chi connectivity index (χ2v) is 8.19. The smallest absolute Gasteiger partial charge is 0.243 e. The van der Waals surface area contributed by atoms with Crippen molar-refractivity contribution < 1.29 is 19.1 Å². The van der Waals surface area contributed by atoms with Gasteiger partial charge in [-0.1, -0.05) is 30.3 Å². The van der Waals surface area contributed by atoms with Crippen molar-refractivity contribution in [2.75, 3.05) is 26.3 Å². The van der Waals surface area contributed by atoms with Crippen LogP contribution in [0.25, 0.3) is 10.9 Å². The second-order valence-electron chi connectivity index (χ2n) is 8.19. The lowest BCUT2D eigenvalue weighted by molar-refractivity contribution is -0.137. The third-order valence-electron chi connectivity index (χ3n) is 5.78. The summed E-state index contributed by atoms with van der Waals surface area (Å²) >= 11 is 0. The van der Waals surface area contributed by atoms with Crippen LogP contribution in [0, 0.1) is 0 Å². The van der Waals surface area contributed by atoms with Crippen LogP contribution in [0.5, 0.6) is 11.5 Å². The summed E-state index contributed by atoms with van der Waals surface area (Å²) in [6.07, 6.45) is 4.63. The van der Waals surface area contributed by atoms with Crippen LogP contribution in [-0.4, -0.2) is 47.6 Å². The summed E-state index contributed by atoms with van der Waals surface area (Å²) in [6.45, 7) is 4.03. The fraction of sp³-hybridized carbons (Fsp3) is 0.385. The lowest BCUT2D eigenvalue weighted by Crippen LogP contribution is -2.41. The molecule has 0 radical (unpaired) electrons. The number of para-hydroxylation sites is 2. The summed E-state index contributed by atoms with van der Waals surface area (Å²) in [5.41, 5.74) is 1.82. The highest BCUT2D eigenvalue weighted by Crippen LogP contribution is 2.33. The normalized spacial score (nSPS) is 15.4. The highest BCUT2D eigenvalue weighted by molar-refractivity contribution is 5.86. The number of nitrogens with zero attached hydrogens (tertiary/aromatic N) is 2. The summed E-state index contributed by atoms with van der Waals surface area (Å²) in [6, 6.07) is 15.6. The molecular weight excluding hydrogens is 418 g/mol. The minimum absolute atomic E-state index is 0.00363. The molecule has 174 valence electrons. The zero-order valence-electron chi connectivity index (χ0n) is 19.1. The van der Waals surface area contributed by atoms with Gasteiger partial charge in [0.2, 0.25) is 11.8 Å². The Morgan fingerprint density at radius 1 is 1.06 bits per heavy atom. The van der Waals surface area contributed by atoms with Gasteiger partial charge in [0, 0.05) is 23.8 Å². The van der Waals surface area contributed by atoms with Crippen molar-refractivity contribution in [2.24, 2.45) is 0 Å². The van der Waals surface area contributed by atoms with Gasteiger partial charge in [-0.05, 0) is 49.8 Å². The molecule has 1 aromatic heterocycles. The number of fused-ring (bicyclic) bond motifs is 2. The predicted molar refractivity (Wildman–Crippen MR) is 127 cm³/mol. The first-order chi connectivity index (χ1) is 16.2. The number of nitrogens with one attached hydrogen (secondary N) is 1. The molecular formula is C26H31N3O4. The zero-order valence-corrected chi connectivity index (χ0v) is 19.1. The molecule has 1 N–H and O–H groups in total. The van der Waals surface area contributed by atoms with Crippen LogP contribution in [0.1, 0.15) is 31.7 Å². The van der Waals surface area contributed by atoms with Crippen molar-refractivity contribution >= 4 is 22.7 Å². The van der Waals surface area contributed by atoms with Crippen molar-refractivity contribution in [3.8, 4) is 11.5 Å². The van der Waals surface area contributed by atoms with E-state index in [0.717, 1.165) is 35.7 Å². The minimum atomic E-state index is -0.150. The maximum atomic E-state index is 13.4. The van der Waals surface area contributed by atoms with Gasteiger partial charge in [-0.3, -0.25) is 9.59 Å². The van der Waals surface area contributed by atoms with E-state index in [-0.39, 0.29) is 31.4 Å². The molecule has 0 bridgehead atoms. The molecule has 2 heterocycles. The van der Waals surface area contributed by atoms with Crippen molar-refractivity contribution in [3.05, 3.63) is 60.3 Å². The van der Waals surface area contributed by atoms with E-state index in [1.165, 1.54) is 0 Å². The molecule has 2 amide bonds. The van der Waals surface area contributed by atoms with Gasteiger partial charge in [-0.2, -0.15) is 0 Å². The third-order valence-corrected chi connectivity index (χ3v) is 5.78. The van der Waals surface area contributed by atoms with E-state index in [0.29, 0.717) is 31.3 Å². The van der Waals surface area contributed by atoms with E-state index in [9.17, 15) is 9.59 Å². The minimum Gasteiger partial charge on any atom is -0.490 e. The summed E-state index contributed by atoms with van der Waals surface area (Å²) in [4.78, 5) is 27.6. The number of carbonyl (C=O) groups excluding carboxylic acids is 2. The molecule has 2 aromatic carbocycles. The van der Waals surface area contributed by atoms with Crippen LogP contribution in [0.3, 0.4) is 0 Å². The van der Waals surface area contributed by atoms with E-state index in [1.807, 2.05) is 66.2 Å². The molecule has 33 heavy (non-hydrogen) atoms. The number of hydrogen-bond donors (Lipinski definition) is 1. The average molecular weight is 450 g/mol. The van der Waals surface area contributed by atoms with Crippen molar-refractivity contribution in [2.45, 2.75) is 39.3 Å². The Kier molecular flexibility index (Phi) is 7.50. The summed E-state index contributed by atoms with van der Waals surface area (Å²) in [5, 5.41) is 4.02. The largest absolute Gasteiger partial charge is 0.490 e. The Morgan fingerprint density at radius 2 is 1.94 bits per heavy atom. The first-order valence-corrected chi connectivity index (χ1v) is 11.6. The summed E-state index contributed by atoms with van der Waals surface area (Å²) in [7, 11) is 0. The van der Waals surface area contributed by atoms with E-state index < -0.39 is 0 Å². The van der Waals surface area contributed by atoms with Crippen LogP contribution >= 0.6 is 0 Å².